The van der Waals surface area contributed by atoms with Gasteiger partial charge in [0, 0.05) is 10.7 Å². The van der Waals surface area contributed by atoms with E-state index in [2.05, 4.69) is 16.0 Å². The Morgan fingerprint density at radius 3 is 2.15 bits per heavy atom. The monoisotopic (exact) mass is 469 g/mol. The zero-order chi connectivity index (χ0) is 19.3. The molecule has 0 aromatic heterocycles. The molecular formula is C16H12Cl5N3OS. The second kappa shape index (κ2) is 9.31. The molecule has 0 aliphatic heterocycles. The third kappa shape index (κ3) is 6.34. The van der Waals surface area contributed by atoms with E-state index in [1.54, 1.807) is 48.5 Å². The van der Waals surface area contributed by atoms with Crippen molar-refractivity contribution < 1.29 is 4.79 Å². The first kappa shape index (κ1) is 21.4. The van der Waals surface area contributed by atoms with E-state index in [1.165, 1.54) is 0 Å². The summed E-state index contributed by atoms with van der Waals surface area (Å²) in [6.45, 7) is 0. The number of benzene rings is 2. The minimum Gasteiger partial charge on any atom is -0.339 e. The maximum Gasteiger partial charge on any atom is 0.254 e. The number of carbonyl (C=O) groups excluding carboxylic acids is 1. The van der Waals surface area contributed by atoms with Crippen LogP contribution < -0.4 is 16.0 Å². The van der Waals surface area contributed by atoms with Crippen molar-refractivity contribution in [2.24, 2.45) is 0 Å². The van der Waals surface area contributed by atoms with Crippen LogP contribution in [0.1, 0.15) is 10.4 Å². The molecule has 0 unspecified atom stereocenters. The summed E-state index contributed by atoms with van der Waals surface area (Å²) in [6, 6.07) is 13.3. The van der Waals surface area contributed by atoms with Crippen LogP contribution in [0.3, 0.4) is 0 Å². The molecule has 4 nitrogen and oxygen atoms in total. The first-order valence-corrected chi connectivity index (χ1v) is 9.42. The Bertz CT molecular complexity index is 795. The Kier molecular flexibility index (Phi) is 7.64. The van der Waals surface area contributed by atoms with E-state index < -0.39 is 15.9 Å². The summed E-state index contributed by atoms with van der Waals surface area (Å²) in [6.07, 6.45) is -1.11. The quantitative estimate of drug-likeness (QED) is 0.317. The van der Waals surface area contributed by atoms with Crippen LogP contribution >= 0.6 is 70.2 Å². The lowest BCUT2D eigenvalue weighted by molar-refractivity contribution is 0.0934. The molecule has 0 radical (unpaired) electrons. The van der Waals surface area contributed by atoms with Crippen LogP contribution in [0.5, 0.6) is 0 Å². The number of hydrogen-bond acceptors (Lipinski definition) is 2. The summed E-state index contributed by atoms with van der Waals surface area (Å²) in [4.78, 5) is 12.4. The van der Waals surface area contributed by atoms with Crippen LogP contribution in [-0.2, 0) is 0 Å². The summed E-state index contributed by atoms with van der Waals surface area (Å²) < 4.78 is -1.87. The zero-order valence-corrected chi connectivity index (χ0v) is 17.5. The molecule has 138 valence electrons. The minimum absolute atomic E-state index is 0.142. The van der Waals surface area contributed by atoms with Crippen molar-refractivity contribution in [1.82, 2.24) is 10.6 Å². The van der Waals surface area contributed by atoms with Crippen LogP contribution in [0.15, 0.2) is 48.5 Å². The number of rotatable bonds is 4. The first-order valence-electron chi connectivity index (χ1n) is 7.12. The van der Waals surface area contributed by atoms with E-state index in [9.17, 15) is 4.79 Å². The summed E-state index contributed by atoms with van der Waals surface area (Å²) in [7, 11) is 0. The Labute approximate surface area is 181 Å². The molecule has 0 bridgehead atoms. The van der Waals surface area contributed by atoms with Gasteiger partial charge < -0.3 is 16.0 Å². The molecule has 0 saturated carbocycles. The summed E-state index contributed by atoms with van der Waals surface area (Å²) in [5, 5.41) is 9.22. The summed E-state index contributed by atoms with van der Waals surface area (Å²) in [5.74, 6) is -0.520. The molecule has 0 spiro atoms. The second-order valence-corrected chi connectivity index (χ2v) is 8.65. The van der Waals surface area contributed by atoms with Gasteiger partial charge in [-0.1, -0.05) is 70.1 Å². The lowest BCUT2D eigenvalue weighted by Crippen LogP contribution is -2.56. The average Bonchev–Trinajstić information content (AvgIpc) is 2.56. The lowest BCUT2D eigenvalue weighted by atomic mass is 10.2. The molecule has 0 aliphatic rings. The predicted molar refractivity (Wildman–Crippen MR) is 114 cm³/mol. The first-order chi connectivity index (χ1) is 12.2. The minimum atomic E-state index is -1.87. The number of hydrogen-bond donors (Lipinski definition) is 3. The van der Waals surface area contributed by atoms with Gasteiger partial charge >= 0.3 is 0 Å². The van der Waals surface area contributed by atoms with E-state index in [4.69, 9.17) is 70.2 Å². The SMILES string of the molecule is O=C(N[C@@H](NC(=S)Nc1ccc(Cl)cc1)C(Cl)(Cl)Cl)c1ccccc1Cl. The van der Waals surface area contributed by atoms with Gasteiger partial charge in [0.05, 0.1) is 10.6 Å². The second-order valence-electron chi connectivity index (χ2n) is 5.03. The number of thiocarbonyl (C=S) groups is 1. The Balaban J connectivity index is 2.07. The Morgan fingerprint density at radius 1 is 0.962 bits per heavy atom. The number of alkyl halides is 3. The van der Waals surface area contributed by atoms with E-state index in [0.29, 0.717) is 10.7 Å². The van der Waals surface area contributed by atoms with Crippen LogP contribution in [0.25, 0.3) is 0 Å². The van der Waals surface area contributed by atoms with Crippen molar-refractivity contribution >= 4 is 86.9 Å². The van der Waals surface area contributed by atoms with Crippen LogP contribution in [0, 0.1) is 0 Å². The van der Waals surface area contributed by atoms with Crippen molar-refractivity contribution in [2.75, 3.05) is 5.32 Å². The molecule has 0 saturated heterocycles. The van der Waals surface area contributed by atoms with E-state index in [0.717, 1.165) is 0 Å². The fourth-order valence-electron chi connectivity index (χ4n) is 1.89. The standard InChI is InChI=1S/C16H12Cl5N3OS/c17-9-5-7-10(8-6-9)22-15(26)24-14(16(19,20)21)23-13(25)11-3-1-2-4-12(11)18/h1-8,14H,(H,23,25)(H2,22,24,26)/t14-/m0/s1. The Morgan fingerprint density at radius 2 is 1.58 bits per heavy atom. The molecule has 2 aromatic rings. The average molecular weight is 472 g/mol. The molecule has 0 fully saturated rings. The maximum atomic E-state index is 12.4. The number of nitrogens with one attached hydrogen (secondary N) is 3. The fourth-order valence-corrected chi connectivity index (χ4v) is 2.80. The molecule has 2 aromatic carbocycles. The van der Waals surface area contributed by atoms with E-state index in [-0.39, 0.29) is 15.7 Å². The van der Waals surface area contributed by atoms with Gasteiger partial charge in [-0.05, 0) is 48.6 Å². The van der Waals surface area contributed by atoms with Gasteiger partial charge in [0.25, 0.3) is 5.91 Å². The van der Waals surface area contributed by atoms with Crippen LogP contribution in [0.2, 0.25) is 10.0 Å². The number of amides is 1. The zero-order valence-electron chi connectivity index (χ0n) is 12.9. The van der Waals surface area contributed by atoms with Gasteiger partial charge in [0.1, 0.15) is 6.17 Å². The highest BCUT2D eigenvalue weighted by Gasteiger charge is 2.35. The van der Waals surface area contributed by atoms with Gasteiger partial charge in [-0.2, -0.15) is 0 Å². The highest BCUT2D eigenvalue weighted by Crippen LogP contribution is 2.29. The molecule has 1 amide bonds. The number of halogens is 5. The molecular weight excluding hydrogens is 460 g/mol. The Hall–Kier alpha value is -0.950. The number of carbonyl (C=O) groups is 1. The van der Waals surface area contributed by atoms with Crippen molar-refractivity contribution in [3.63, 3.8) is 0 Å². The normalized spacial score (nSPS) is 12.2. The maximum absolute atomic E-state index is 12.4. The van der Waals surface area contributed by atoms with E-state index in [1.807, 2.05) is 0 Å². The van der Waals surface area contributed by atoms with Gasteiger partial charge in [-0.3, -0.25) is 4.79 Å². The van der Waals surface area contributed by atoms with Gasteiger partial charge in [0.2, 0.25) is 3.79 Å². The van der Waals surface area contributed by atoms with Gasteiger partial charge in [-0.15, -0.1) is 0 Å². The van der Waals surface area contributed by atoms with Crippen molar-refractivity contribution in [3.8, 4) is 0 Å². The highest BCUT2D eigenvalue weighted by atomic mass is 35.6. The molecule has 0 heterocycles. The smallest absolute Gasteiger partial charge is 0.254 e. The summed E-state index contributed by atoms with van der Waals surface area (Å²) >= 11 is 34.9. The van der Waals surface area contributed by atoms with Gasteiger partial charge in [0.15, 0.2) is 5.11 Å². The van der Waals surface area contributed by atoms with E-state index >= 15 is 0 Å². The molecule has 10 heteroatoms. The van der Waals surface area contributed by atoms with Gasteiger partial charge in [-0.25, -0.2) is 0 Å². The highest BCUT2D eigenvalue weighted by molar-refractivity contribution is 7.80. The van der Waals surface area contributed by atoms with Crippen molar-refractivity contribution in [3.05, 3.63) is 64.1 Å². The third-order valence-electron chi connectivity index (χ3n) is 3.10. The van der Waals surface area contributed by atoms with Crippen molar-refractivity contribution in [1.29, 1.82) is 0 Å². The number of anilines is 1. The molecule has 1 atom stereocenters. The molecule has 2 rings (SSSR count). The predicted octanol–water partition coefficient (Wildman–Crippen LogP) is 5.41. The molecule has 0 aliphatic carbocycles. The van der Waals surface area contributed by atoms with Crippen LogP contribution in [-0.4, -0.2) is 21.0 Å². The van der Waals surface area contributed by atoms with Crippen molar-refractivity contribution in [2.45, 2.75) is 9.96 Å². The fraction of sp³-hybridized carbons (Fsp3) is 0.125. The summed E-state index contributed by atoms with van der Waals surface area (Å²) in [5.41, 5.74) is 0.916. The lowest BCUT2D eigenvalue weighted by Gasteiger charge is -2.28. The third-order valence-corrected chi connectivity index (χ3v) is 4.55. The largest absolute Gasteiger partial charge is 0.339 e. The molecule has 3 N–H and O–H groups in total. The van der Waals surface area contributed by atoms with Crippen LogP contribution in [0.4, 0.5) is 5.69 Å². The molecule has 26 heavy (non-hydrogen) atoms. The topological polar surface area (TPSA) is 53.2 Å².